The fourth-order valence-electron chi connectivity index (χ4n) is 2.48. The molecule has 0 spiro atoms. The second-order valence-corrected chi connectivity index (χ2v) is 7.56. The molecule has 0 radical (unpaired) electrons. The quantitative estimate of drug-likeness (QED) is 0.873. The van der Waals surface area contributed by atoms with E-state index in [2.05, 4.69) is 4.72 Å². The van der Waals surface area contributed by atoms with Crippen LogP contribution in [0.25, 0.3) is 0 Å². The van der Waals surface area contributed by atoms with Gasteiger partial charge in [0.15, 0.2) is 0 Å². The molecule has 0 amide bonds. The highest BCUT2D eigenvalue weighted by atomic mass is 35.5. The predicted molar refractivity (Wildman–Crippen MR) is 80.2 cm³/mol. The van der Waals surface area contributed by atoms with Crippen LogP contribution in [0, 0.1) is 5.92 Å². The normalized spacial score (nSPS) is 23.0. The number of nitrogens with one attached hydrogen (secondary N) is 1. The standard InChI is InChI=1S/C13H15Cl2NO4S/c14-10-6-5-8(7-11(10)15)21(19,20)16-12-4-2-1-3-9(12)13(17)18/h5-7,9,12,16H,1-4H2,(H,17,18). The molecule has 1 saturated carbocycles. The van der Waals surface area contributed by atoms with Crippen LogP contribution >= 0.6 is 23.2 Å². The van der Waals surface area contributed by atoms with Gasteiger partial charge in [-0.1, -0.05) is 36.0 Å². The summed E-state index contributed by atoms with van der Waals surface area (Å²) in [7, 11) is -3.82. The van der Waals surface area contributed by atoms with E-state index in [4.69, 9.17) is 23.2 Å². The van der Waals surface area contributed by atoms with Crippen molar-refractivity contribution in [2.24, 2.45) is 5.92 Å². The van der Waals surface area contributed by atoms with Gasteiger partial charge in [0.25, 0.3) is 0 Å². The minimum atomic E-state index is -3.82. The maximum atomic E-state index is 12.3. The molecular weight excluding hydrogens is 337 g/mol. The van der Waals surface area contributed by atoms with Gasteiger partial charge in [0, 0.05) is 6.04 Å². The summed E-state index contributed by atoms with van der Waals surface area (Å²) in [6.45, 7) is 0. The van der Waals surface area contributed by atoms with Gasteiger partial charge in [-0.05, 0) is 31.0 Å². The zero-order valence-corrected chi connectivity index (χ0v) is 13.4. The van der Waals surface area contributed by atoms with Gasteiger partial charge in [0.05, 0.1) is 20.9 Å². The third-order valence-electron chi connectivity index (χ3n) is 3.59. The predicted octanol–water partition coefficient (Wildman–Crippen LogP) is 2.92. The molecule has 1 aromatic rings. The zero-order chi connectivity index (χ0) is 15.6. The Balaban J connectivity index is 2.23. The van der Waals surface area contributed by atoms with Gasteiger partial charge in [-0.3, -0.25) is 4.79 Å². The average molecular weight is 352 g/mol. The van der Waals surface area contributed by atoms with Crippen LogP contribution < -0.4 is 4.72 Å². The molecule has 0 saturated heterocycles. The molecule has 1 aliphatic rings. The number of hydrogen-bond acceptors (Lipinski definition) is 3. The van der Waals surface area contributed by atoms with E-state index in [0.717, 1.165) is 12.8 Å². The van der Waals surface area contributed by atoms with E-state index in [1.165, 1.54) is 18.2 Å². The SMILES string of the molecule is O=C(O)C1CCCCC1NS(=O)(=O)c1ccc(Cl)c(Cl)c1. The van der Waals surface area contributed by atoms with Crippen molar-refractivity contribution < 1.29 is 18.3 Å². The molecule has 0 aromatic heterocycles. The van der Waals surface area contributed by atoms with E-state index in [0.29, 0.717) is 12.8 Å². The molecule has 1 aliphatic carbocycles. The monoisotopic (exact) mass is 351 g/mol. The van der Waals surface area contributed by atoms with Crippen molar-refractivity contribution in [3.05, 3.63) is 28.2 Å². The fourth-order valence-corrected chi connectivity index (χ4v) is 4.18. The summed E-state index contributed by atoms with van der Waals surface area (Å²) in [5.74, 6) is -1.67. The summed E-state index contributed by atoms with van der Waals surface area (Å²) < 4.78 is 27.1. The minimum absolute atomic E-state index is 0.0217. The van der Waals surface area contributed by atoms with Crippen LogP contribution in [0.3, 0.4) is 0 Å². The lowest BCUT2D eigenvalue weighted by molar-refractivity contribution is -0.143. The summed E-state index contributed by atoms with van der Waals surface area (Å²) in [6, 6.07) is 3.39. The Morgan fingerprint density at radius 1 is 1.19 bits per heavy atom. The van der Waals surface area contributed by atoms with Crippen LogP contribution in [0.5, 0.6) is 0 Å². The summed E-state index contributed by atoms with van der Waals surface area (Å²) in [6.07, 6.45) is 2.59. The van der Waals surface area contributed by atoms with E-state index >= 15 is 0 Å². The Hall–Kier alpha value is -0.820. The van der Waals surface area contributed by atoms with Crippen molar-refractivity contribution in [3.63, 3.8) is 0 Å². The number of rotatable bonds is 4. The summed E-state index contributed by atoms with van der Waals surface area (Å²) in [4.78, 5) is 11.2. The highest BCUT2D eigenvalue weighted by Crippen LogP contribution is 2.28. The Bertz CT molecular complexity index is 648. The lowest BCUT2D eigenvalue weighted by Crippen LogP contribution is -2.44. The molecule has 0 bridgehead atoms. The van der Waals surface area contributed by atoms with E-state index in [1.54, 1.807) is 0 Å². The van der Waals surface area contributed by atoms with Gasteiger partial charge in [0.2, 0.25) is 10.0 Å². The largest absolute Gasteiger partial charge is 0.481 e. The molecule has 1 aromatic carbocycles. The minimum Gasteiger partial charge on any atom is -0.481 e. The lowest BCUT2D eigenvalue weighted by Gasteiger charge is -2.29. The summed E-state index contributed by atoms with van der Waals surface area (Å²) in [5.41, 5.74) is 0. The molecule has 2 atom stereocenters. The summed E-state index contributed by atoms with van der Waals surface area (Å²) >= 11 is 11.6. The number of aliphatic carboxylic acids is 1. The number of benzene rings is 1. The van der Waals surface area contributed by atoms with E-state index in [-0.39, 0.29) is 14.9 Å². The summed E-state index contributed by atoms with van der Waals surface area (Å²) in [5, 5.41) is 9.58. The molecule has 1 fully saturated rings. The Kier molecular flexibility index (Phi) is 5.14. The van der Waals surface area contributed by atoms with Crippen molar-refractivity contribution in [2.75, 3.05) is 0 Å². The van der Waals surface area contributed by atoms with Crippen molar-refractivity contribution >= 4 is 39.2 Å². The highest BCUT2D eigenvalue weighted by molar-refractivity contribution is 7.89. The van der Waals surface area contributed by atoms with Crippen LogP contribution in [-0.2, 0) is 14.8 Å². The van der Waals surface area contributed by atoms with Crippen LogP contribution in [-0.4, -0.2) is 25.5 Å². The van der Waals surface area contributed by atoms with Crippen LogP contribution in [0.4, 0.5) is 0 Å². The zero-order valence-electron chi connectivity index (χ0n) is 11.1. The number of carboxylic acid groups (broad SMARTS) is 1. The number of carboxylic acids is 1. The molecule has 2 rings (SSSR count). The van der Waals surface area contributed by atoms with Gasteiger partial charge in [0.1, 0.15) is 0 Å². The molecule has 5 nitrogen and oxygen atoms in total. The van der Waals surface area contributed by atoms with Crippen LogP contribution in [0.15, 0.2) is 23.1 Å². The maximum absolute atomic E-state index is 12.3. The van der Waals surface area contributed by atoms with Gasteiger partial charge >= 0.3 is 5.97 Å². The molecule has 2 N–H and O–H groups in total. The van der Waals surface area contributed by atoms with E-state index < -0.39 is 28.0 Å². The molecule has 2 unspecified atom stereocenters. The fraction of sp³-hybridized carbons (Fsp3) is 0.462. The molecule has 8 heteroatoms. The van der Waals surface area contributed by atoms with Gasteiger partial charge in [-0.2, -0.15) is 0 Å². The first-order valence-corrected chi connectivity index (χ1v) is 8.75. The third-order valence-corrected chi connectivity index (χ3v) is 5.82. The topological polar surface area (TPSA) is 83.5 Å². The Morgan fingerprint density at radius 3 is 2.48 bits per heavy atom. The van der Waals surface area contributed by atoms with Gasteiger partial charge in [-0.25, -0.2) is 13.1 Å². The molecule has 116 valence electrons. The van der Waals surface area contributed by atoms with Crippen molar-refractivity contribution in [1.29, 1.82) is 0 Å². The first kappa shape index (κ1) is 16.5. The smallest absolute Gasteiger partial charge is 0.308 e. The van der Waals surface area contributed by atoms with E-state index in [1.807, 2.05) is 0 Å². The number of halogens is 2. The molecule has 0 aliphatic heterocycles. The van der Waals surface area contributed by atoms with Gasteiger partial charge < -0.3 is 5.11 Å². The molecular formula is C13H15Cl2NO4S. The first-order valence-electron chi connectivity index (χ1n) is 6.51. The Labute approximate surface area is 133 Å². The molecule has 0 heterocycles. The van der Waals surface area contributed by atoms with E-state index in [9.17, 15) is 18.3 Å². The van der Waals surface area contributed by atoms with Crippen molar-refractivity contribution in [3.8, 4) is 0 Å². The van der Waals surface area contributed by atoms with Crippen LogP contribution in [0.2, 0.25) is 10.0 Å². The molecule has 21 heavy (non-hydrogen) atoms. The third kappa shape index (κ3) is 3.88. The Morgan fingerprint density at radius 2 is 1.86 bits per heavy atom. The van der Waals surface area contributed by atoms with Crippen molar-refractivity contribution in [2.45, 2.75) is 36.6 Å². The number of carbonyl (C=O) groups is 1. The van der Waals surface area contributed by atoms with Crippen LogP contribution in [0.1, 0.15) is 25.7 Å². The first-order chi connectivity index (χ1) is 9.81. The highest BCUT2D eigenvalue weighted by Gasteiger charge is 2.34. The van der Waals surface area contributed by atoms with Gasteiger partial charge in [-0.15, -0.1) is 0 Å². The lowest BCUT2D eigenvalue weighted by atomic mass is 9.85. The second kappa shape index (κ2) is 6.52. The second-order valence-electron chi connectivity index (χ2n) is 5.03. The van der Waals surface area contributed by atoms with Crippen molar-refractivity contribution in [1.82, 2.24) is 4.72 Å². The number of sulfonamides is 1. The number of hydrogen-bond donors (Lipinski definition) is 2. The maximum Gasteiger partial charge on any atom is 0.308 e. The average Bonchev–Trinajstić information content (AvgIpc) is 2.41.